The minimum atomic E-state index is -0.999. The summed E-state index contributed by atoms with van der Waals surface area (Å²) in [5.74, 6) is -1.55. The lowest BCUT2D eigenvalue weighted by Gasteiger charge is -2.35. The first kappa shape index (κ1) is 50.7. The fourth-order valence-electron chi connectivity index (χ4n) is 9.35. The summed E-state index contributed by atoms with van der Waals surface area (Å²) in [6.07, 6.45) is 9.31. The van der Waals surface area contributed by atoms with Crippen LogP contribution in [-0.2, 0) is 20.9 Å². The van der Waals surface area contributed by atoms with Gasteiger partial charge in [0, 0.05) is 117 Å². The van der Waals surface area contributed by atoms with Crippen molar-refractivity contribution >= 4 is 58.9 Å². The molecule has 70 heavy (non-hydrogen) atoms. The number of anilines is 3. The van der Waals surface area contributed by atoms with Crippen molar-refractivity contribution in [2.45, 2.75) is 104 Å². The van der Waals surface area contributed by atoms with E-state index in [0.29, 0.717) is 47.6 Å². The number of hydrogen-bond donors (Lipinski definition) is 7. The van der Waals surface area contributed by atoms with Crippen LogP contribution in [0.3, 0.4) is 0 Å². The van der Waals surface area contributed by atoms with E-state index in [0.717, 1.165) is 104 Å². The molecule has 6 amide bonds. The van der Waals surface area contributed by atoms with Gasteiger partial charge < -0.3 is 36.6 Å². The maximum absolute atomic E-state index is 13.7. The first-order chi connectivity index (χ1) is 33.7. The Labute approximate surface area is 408 Å². The number of nitrogens with zero attached hydrogens (tertiary/aromatic N) is 4. The van der Waals surface area contributed by atoms with Gasteiger partial charge in [0.1, 0.15) is 11.9 Å². The number of piperidine rings is 1. The Morgan fingerprint density at radius 1 is 0.857 bits per heavy atom. The minimum Gasteiger partial charge on any atom is -0.384 e. The number of amides is 6. The summed E-state index contributed by atoms with van der Waals surface area (Å²) >= 11 is 0. The molecule has 7 N–H and O–H groups in total. The molecule has 1 atom stereocenters. The van der Waals surface area contributed by atoms with Gasteiger partial charge in [-0.3, -0.25) is 48.7 Å². The van der Waals surface area contributed by atoms with Crippen molar-refractivity contribution < 1.29 is 28.8 Å². The molecule has 0 bridgehead atoms. The highest BCUT2D eigenvalue weighted by Crippen LogP contribution is 2.33. The van der Waals surface area contributed by atoms with Gasteiger partial charge in [0.05, 0.1) is 16.7 Å². The Hall–Kier alpha value is -7.21. The SMILES string of the molecule is Cc1cc(C)c(CNC(=O)c2cc(-c3ccc(N4CCN(CCNC(=O)CCCCCCCCNc5cccc6c5C(=O)N(C5CCC(=O)NC5=O)C6=O)CC4)nc3)cc(NC(C)C)c2C=N)c(=O)[nH]1. The summed E-state index contributed by atoms with van der Waals surface area (Å²) < 4.78 is 0. The first-order valence-corrected chi connectivity index (χ1v) is 24.4. The van der Waals surface area contributed by atoms with E-state index in [2.05, 4.69) is 41.4 Å². The second kappa shape index (κ2) is 23.4. The van der Waals surface area contributed by atoms with Gasteiger partial charge >= 0.3 is 0 Å². The average Bonchev–Trinajstić information content (AvgIpc) is 3.58. The number of hydrogen-bond acceptors (Lipinski definition) is 13. The quantitative estimate of drug-likeness (QED) is 0.0302. The van der Waals surface area contributed by atoms with E-state index < -0.39 is 29.7 Å². The van der Waals surface area contributed by atoms with Crippen molar-refractivity contribution in [2.75, 3.05) is 61.3 Å². The van der Waals surface area contributed by atoms with Crippen molar-refractivity contribution in [3.8, 4) is 11.1 Å². The molecule has 2 aromatic heterocycles. The molecule has 2 saturated heterocycles. The number of fused-ring (bicyclic) bond motifs is 1. The van der Waals surface area contributed by atoms with E-state index in [1.165, 1.54) is 6.21 Å². The number of nitrogens with one attached hydrogen (secondary N) is 7. The number of carbonyl (C=O) groups excluding carboxylic acids is 6. The van der Waals surface area contributed by atoms with Crippen LogP contribution in [0.4, 0.5) is 17.2 Å². The molecule has 0 saturated carbocycles. The summed E-state index contributed by atoms with van der Waals surface area (Å²) in [7, 11) is 0. The fourth-order valence-corrected chi connectivity index (χ4v) is 9.35. The first-order valence-electron chi connectivity index (χ1n) is 24.4. The molecule has 1 unspecified atom stereocenters. The number of rotatable bonds is 22. The lowest BCUT2D eigenvalue weighted by Crippen LogP contribution is -2.54. The van der Waals surface area contributed by atoms with Crippen LogP contribution in [0.15, 0.2) is 59.5 Å². The van der Waals surface area contributed by atoms with Crippen LogP contribution >= 0.6 is 0 Å². The second-order valence-electron chi connectivity index (χ2n) is 18.6. The molecule has 370 valence electrons. The molecule has 5 heterocycles. The number of benzene rings is 2. The standard InChI is InChI=1S/C52H65N11O7/c1-32(2)58-42-28-36(27-38(39(42)29-53)48(66)57-31-40-33(3)26-34(4)59-49(40)67)35-15-17-44(56-30-35)62-24-22-61(23-25-62)21-20-55-45(64)14-9-7-5-6-8-10-19-54-41-13-11-12-37-47(41)52(70)63(51(37)69)43-16-18-46(65)60-50(43)68/h11-13,15,17,26-30,32,43,53-54,58H,5-10,14,16,18-25,31H2,1-4H3,(H,55,64)(H,57,66)(H,59,67)(H,60,65,68). The third-order valence-corrected chi connectivity index (χ3v) is 13.1. The maximum atomic E-state index is 13.7. The van der Waals surface area contributed by atoms with Crippen LogP contribution in [0.2, 0.25) is 0 Å². The van der Waals surface area contributed by atoms with Crippen molar-refractivity contribution in [3.63, 3.8) is 0 Å². The summed E-state index contributed by atoms with van der Waals surface area (Å²) in [6.45, 7) is 12.9. The lowest BCUT2D eigenvalue weighted by molar-refractivity contribution is -0.136. The molecule has 3 aliphatic heterocycles. The Morgan fingerprint density at radius 3 is 2.31 bits per heavy atom. The monoisotopic (exact) mass is 956 g/mol. The normalized spacial score (nSPS) is 16.0. The zero-order valence-corrected chi connectivity index (χ0v) is 40.6. The van der Waals surface area contributed by atoms with Gasteiger partial charge in [-0.2, -0.15) is 0 Å². The van der Waals surface area contributed by atoms with Crippen molar-refractivity contribution in [1.29, 1.82) is 5.41 Å². The summed E-state index contributed by atoms with van der Waals surface area (Å²) in [5.41, 5.74) is 5.89. The Kier molecular flexibility index (Phi) is 16.9. The number of aromatic amines is 1. The molecule has 4 aromatic rings. The molecule has 2 aromatic carbocycles. The highest BCUT2D eigenvalue weighted by molar-refractivity contribution is 6.25. The Balaban J connectivity index is 0.783. The number of H-pyrrole nitrogens is 1. The van der Waals surface area contributed by atoms with E-state index in [-0.39, 0.29) is 53.9 Å². The molecule has 0 spiro atoms. The van der Waals surface area contributed by atoms with Crippen molar-refractivity contribution in [2.24, 2.45) is 0 Å². The van der Waals surface area contributed by atoms with Crippen molar-refractivity contribution in [1.82, 2.24) is 35.7 Å². The van der Waals surface area contributed by atoms with E-state index in [9.17, 15) is 33.6 Å². The fraction of sp³-hybridized carbons (Fsp3) is 0.442. The average molecular weight is 956 g/mol. The highest BCUT2D eigenvalue weighted by Gasteiger charge is 2.45. The highest BCUT2D eigenvalue weighted by atomic mass is 16.2. The topological polar surface area (TPSA) is 242 Å². The van der Waals surface area contributed by atoms with Gasteiger partial charge in [-0.05, 0) is 101 Å². The Bertz CT molecular complexity index is 2670. The third kappa shape index (κ3) is 12.3. The predicted octanol–water partition coefficient (Wildman–Crippen LogP) is 5.28. The van der Waals surface area contributed by atoms with Gasteiger partial charge in [0.15, 0.2) is 0 Å². The van der Waals surface area contributed by atoms with Gasteiger partial charge in [-0.25, -0.2) is 4.98 Å². The van der Waals surface area contributed by atoms with Crippen LogP contribution in [-0.4, -0.2) is 119 Å². The van der Waals surface area contributed by atoms with Crippen LogP contribution in [0.25, 0.3) is 11.1 Å². The number of piperazine rings is 1. The summed E-state index contributed by atoms with van der Waals surface area (Å²) in [5, 5.41) is 23.1. The Morgan fingerprint density at radius 2 is 1.61 bits per heavy atom. The largest absolute Gasteiger partial charge is 0.384 e. The number of pyridine rings is 2. The van der Waals surface area contributed by atoms with E-state index >= 15 is 0 Å². The van der Waals surface area contributed by atoms with Gasteiger partial charge in [0.25, 0.3) is 23.3 Å². The smallest absolute Gasteiger partial charge is 0.264 e. The van der Waals surface area contributed by atoms with E-state index in [4.69, 9.17) is 10.4 Å². The van der Waals surface area contributed by atoms with Crippen LogP contribution < -0.4 is 37.0 Å². The van der Waals surface area contributed by atoms with Gasteiger partial charge in [-0.15, -0.1) is 0 Å². The van der Waals surface area contributed by atoms with Gasteiger partial charge in [0.2, 0.25) is 17.7 Å². The van der Waals surface area contributed by atoms with Gasteiger partial charge in [-0.1, -0.05) is 31.7 Å². The molecule has 7 rings (SSSR count). The molecule has 0 aliphatic carbocycles. The van der Waals surface area contributed by atoms with Crippen molar-refractivity contribution in [3.05, 3.63) is 104 Å². The molecular weight excluding hydrogens is 891 g/mol. The molecule has 18 heteroatoms. The number of aryl methyl sites for hydroxylation is 2. The summed E-state index contributed by atoms with van der Waals surface area (Å²) in [6, 6.07) is 13.7. The zero-order chi connectivity index (χ0) is 49.9. The number of unbranched alkanes of at least 4 members (excludes halogenated alkanes) is 5. The number of imide groups is 2. The van der Waals surface area contributed by atoms with E-state index in [1.54, 1.807) is 30.5 Å². The third-order valence-electron chi connectivity index (χ3n) is 13.1. The predicted molar refractivity (Wildman–Crippen MR) is 270 cm³/mol. The molecular formula is C52H65N11O7. The zero-order valence-electron chi connectivity index (χ0n) is 40.6. The second-order valence-corrected chi connectivity index (χ2v) is 18.6. The number of aromatic nitrogens is 2. The molecule has 3 aliphatic rings. The lowest BCUT2D eigenvalue weighted by atomic mass is 9.97. The molecule has 0 radical (unpaired) electrons. The van der Waals surface area contributed by atoms with Crippen LogP contribution in [0.1, 0.15) is 125 Å². The van der Waals surface area contributed by atoms with Crippen LogP contribution in [0.5, 0.6) is 0 Å². The number of carbonyl (C=O) groups is 6. The minimum absolute atomic E-state index is 0.0478. The summed E-state index contributed by atoms with van der Waals surface area (Å²) in [4.78, 5) is 103. The van der Waals surface area contributed by atoms with E-state index in [1.807, 2.05) is 52.0 Å². The van der Waals surface area contributed by atoms with Crippen LogP contribution in [0, 0.1) is 19.3 Å². The maximum Gasteiger partial charge on any atom is 0.264 e. The molecule has 2 fully saturated rings. The molecule has 18 nitrogen and oxygen atoms in total.